The zero-order chi connectivity index (χ0) is 24.1. The van der Waals surface area contributed by atoms with Crippen LogP contribution in [0.2, 0.25) is 0 Å². The highest BCUT2D eigenvalue weighted by molar-refractivity contribution is 5.91. The Labute approximate surface area is 185 Å². The van der Waals surface area contributed by atoms with Crippen molar-refractivity contribution in [2.24, 2.45) is 7.05 Å². The van der Waals surface area contributed by atoms with E-state index in [0.29, 0.717) is 43.6 Å². The molecule has 3 aromatic rings. The number of benzene rings is 1. The molecule has 1 saturated heterocycles. The molecule has 0 unspecified atom stereocenters. The van der Waals surface area contributed by atoms with Crippen LogP contribution in [0.5, 0.6) is 0 Å². The number of nitrogens with zero attached hydrogens (tertiary/aromatic N) is 5. The molecule has 1 aliphatic rings. The summed E-state index contributed by atoms with van der Waals surface area (Å²) in [5.74, 6) is -2.47. The van der Waals surface area contributed by atoms with Crippen LogP contribution < -0.4 is 10.2 Å². The molecule has 0 aliphatic carbocycles. The average Bonchev–Trinajstić information content (AvgIpc) is 3.07. The maximum Gasteiger partial charge on any atom is 0.419 e. The Balaban J connectivity index is 1.72. The maximum atomic E-state index is 14.8. The summed E-state index contributed by atoms with van der Waals surface area (Å²) in [5, 5.41) is 7.29. The van der Waals surface area contributed by atoms with Crippen molar-refractivity contribution in [3.63, 3.8) is 0 Å². The topological polar surface area (TPSA) is 75.9 Å². The van der Waals surface area contributed by atoms with E-state index in [2.05, 4.69) is 20.4 Å². The Morgan fingerprint density at radius 2 is 1.85 bits per heavy atom. The van der Waals surface area contributed by atoms with Crippen molar-refractivity contribution < 1.29 is 26.7 Å². The number of fused-ring (bicyclic) bond motifs is 1. The van der Waals surface area contributed by atoms with Gasteiger partial charge < -0.3 is 10.2 Å². The van der Waals surface area contributed by atoms with Gasteiger partial charge in [-0.2, -0.15) is 23.3 Å². The van der Waals surface area contributed by atoms with Gasteiger partial charge in [-0.3, -0.25) is 4.79 Å². The molecule has 12 heteroatoms. The van der Waals surface area contributed by atoms with Crippen LogP contribution in [0.3, 0.4) is 0 Å². The number of alkyl halides is 3. The zero-order valence-electron chi connectivity index (χ0n) is 18.1. The molecule has 33 heavy (non-hydrogen) atoms. The van der Waals surface area contributed by atoms with Gasteiger partial charge in [-0.1, -0.05) is 0 Å². The quantitative estimate of drug-likeness (QED) is 0.593. The lowest BCUT2D eigenvalue weighted by Gasteiger charge is -2.32. The Morgan fingerprint density at radius 1 is 1.18 bits per heavy atom. The Bertz CT molecular complexity index is 1230. The molecule has 0 bridgehead atoms. The van der Waals surface area contributed by atoms with E-state index in [4.69, 9.17) is 0 Å². The summed E-state index contributed by atoms with van der Waals surface area (Å²) in [6.07, 6.45) is -2.20. The summed E-state index contributed by atoms with van der Waals surface area (Å²) >= 11 is 0. The van der Waals surface area contributed by atoms with Gasteiger partial charge in [-0.05, 0) is 25.8 Å². The summed E-state index contributed by atoms with van der Waals surface area (Å²) < 4.78 is 70.1. The largest absolute Gasteiger partial charge is 0.419 e. The van der Waals surface area contributed by atoms with Crippen molar-refractivity contribution in [3.8, 4) is 11.3 Å². The molecule has 0 radical (unpaired) electrons. The van der Waals surface area contributed by atoms with Crippen molar-refractivity contribution in [2.45, 2.75) is 38.9 Å². The summed E-state index contributed by atoms with van der Waals surface area (Å²) in [5.41, 5.74) is -2.57. The third-order valence-corrected chi connectivity index (χ3v) is 5.73. The number of amides is 1. The molecule has 2 aromatic heterocycles. The van der Waals surface area contributed by atoms with Gasteiger partial charge in [0.1, 0.15) is 17.3 Å². The number of halogens is 5. The first kappa shape index (κ1) is 22.9. The fraction of sp³-hybridized carbons (Fsp3) is 0.429. The third-order valence-electron chi connectivity index (χ3n) is 5.73. The normalized spacial score (nSPS) is 15.3. The van der Waals surface area contributed by atoms with Crippen LogP contribution in [0, 0.1) is 18.6 Å². The molecule has 7 nitrogen and oxygen atoms in total. The molecular weight excluding hydrogens is 447 g/mol. The van der Waals surface area contributed by atoms with E-state index in [9.17, 15) is 26.7 Å². The molecule has 0 saturated carbocycles. The number of carbonyl (C=O) groups excluding carboxylic acids is 1. The van der Waals surface area contributed by atoms with Gasteiger partial charge in [0.15, 0.2) is 5.65 Å². The monoisotopic (exact) mass is 468 g/mol. The highest BCUT2D eigenvalue weighted by atomic mass is 19.4. The van der Waals surface area contributed by atoms with Gasteiger partial charge in [-0.25, -0.2) is 18.4 Å². The average molecular weight is 468 g/mol. The molecule has 176 valence electrons. The molecule has 1 amide bonds. The SMILES string of the molecule is CC(=O)NC1CCN(c2ncc3c(-c4cc(C(F)(F)F)c(F)c(C)c4F)nn(C)c3n2)CC1. The Hall–Kier alpha value is -3.31. The van der Waals surface area contributed by atoms with Crippen LogP contribution in [0.15, 0.2) is 12.3 Å². The predicted octanol–water partition coefficient (Wildman–Crippen LogP) is 3.74. The van der Waals surface area contributed by atoms with Gasteiger partial charge >= 0.3 is 6.18 Å². The van der Waals surface area contributed by atoms with E-state index < -0.39 is 34.5 Å². The molecule has 0 spiro atoms. The predicted molar refractivity (Wildman–Crippen MR) is 110 cm³/mol. The second-order valence-electron chi connectivity index (χ2n) is 8.06. The van der Waals surface area contributed by atoms with E-state index >= 15 is 0 Å². The van der Waals surface area contributed by atoms with Crippen molar-refractivity contribution in [2.75, 3.05) is 18.0 Å². The molecule has 1 N–H and O–H groups in total. The number of hydrogen-bond donors (Lipinski definition) is 1. The van der Waals surface area contributed by atoms with Crippen molar-refractivity contribution in [1.82, 2.24) is 25.1 Å². The van der Waals surface area contributed by atoms with Crippen LogP contribution in [0.4, 0.5) is 27.9 Å². The smallest absolute Gasteiger partial charge is 0.353 e. The van der Waals surface area contributed by atoms with Crippen molar-refractivity contribution >= 4 is 22.9 Å². The number of hydrogen-bond acceptors (Lipinski definition) is 5. The van der Waals surface area contributed by atoms with E-state index in [0.717, 1.165) is 6.92 Å². The lowest BCUT2D eigenvalue weighted by Crippen LogP contribution is -2.44. The van der Waals surface area contributed by atoms with Crippen LogP contribution in [-0.2, 0) is 18.0 Å². The van der Waals surface area contributed by atoms with Crippen LogP contribution in [0.25, 0.3) is 22.3 Å². The summed E-state index contributed by atoms with van der Waals surface area (Å²) in [7, 11) is 1.53. The molecular formula is C21H21F5N6O. The second-order valence-corrected chi connectivity index (χ2v) is 8.06. The third kappa shape index (κ3) is 4.21. The van der Waals surface area contributed by atoms with Crippen molar-refractivity contribution in [3.05, 3.63) is 35.0 Å². The van der Waals surface area contributed by atoms with Crippen LogP contribution in [-0.4, -0.2) is 44.8 Å². The number of rotatable bonds is 3. The number of carbonyl (C=O) groups is 1. The molecule has 3 heterocycles. The molecule has 4 rings (SSSR count). The maximum absolute atomic E-state index is 14.8. The number of aryl methyl sites for hydroxylation is 1. The zero-order valence-corrected chi connectivity index (χ0v) is 18.1. The first-order chi connectivity index (χ1) is 15.5. The van der Waals surface area contributed by atoms with Gasteiger partial charge in [0.2, 0.25) is 11.9 Å². The fourth-order valence-electron chi connectivity index (χ4n) is 4.04. The highest BCUT2D eigenvalue weighted by Crippen LogP contribution is 2.39. The number of anilines is 1. The first-order valence-corrected chi connectivity index (χ1v) is 10.2. The van der Waals surface area contributed by atoms with E-state index in [-0.39, 0.29) is 23.0 Å². The minimum Gasteiger partial charge on any atom is -0.353 e. The summed E-state index contributed by atoms with van der Waals surface area (Å²) in [6, 6.07) is 0.499. The summed E-state index contributed by atoms with van der Waals surface area (Å²) in [4.78, 5) is 22.0. The van der Waals surface area contributed by atoms with Crippen LogP contribution in [0.1, 0.15) is 30.9 Å². The fourth-order valence-corrected chi connectivity index (χ4v) is 4.04. The van der Waals surface area contributed by atoms with Crippen molar-refractivity contribution in [1.29, 1.82) is 0 Å². The number of nitrogens with one attached hydrogen (secondary N) is 1. The molecule has 1 aromatic carbocycles. The molecule has 1 aliphatic heterocycles. The minimum absolute atomic E-state index is 0.0679. The lowest BCUT2D eigenvalue weighted by molar-refractivity contribution is -0.140. The number of piperidine rings is 1. The van der Waals surface area contributed by atoms with E-state index in [1.807, 2.05) is 4.90 Å². The summed E-state index contributed by atoms with van der Waals surface area (Å²) in [6.45, 7) is 3.62. The van der Waals surface area contributed by atoms with Gasteiger partial charge in [0, 0.05) is 50.4 Å². The van der Waals surface area contributed by atoms with E-state index in [1.54, 1.807) is 0 Å². The molecule has 1 fully saturated rings. The van der Waals surface area contributed by atoms with Gasteiger partial charge in [-0.15, -0.1) is 0 Å². The highest BCUT2D eigenvalue weighted by Gasteiger charge is 2.37. The van der Waals surface area contributed by atoms with E-state index in [1.165, 1.54) is 24.9 Å². The van der Waals surface area contributed by atoms with Gasteiger partial charge in [0.05, 0.1) is 10.9 Å². The lowest BCUT2D eigenvalue weighted by atomic mass is 10.0. The second kappa shape index (κ2) is 8.23. The Morgan fingerprint density at radius 3 is 2.45 bits per heavy atom. The number of aromatic nitrogens is 4. The standard InChI is InChI=1S/C21H21F5N6O/c1-10-16(22)13(8-15(17(10)23)21(24,25)26)18-14-9-27-20(29-19(14)31(3)30-18)32-6-4-12(5-7-32)28-11(2)33/h8-9,12H,4-7H2,1-3H3,(H,28,33). The first-order valence-electron chi connectivity index (χ1n) is 10.2. The molecule has 0 atom stereocenters. The van der Waals surface area contributed by atoms with Crippen LogP contribution >= 0.6 is 0 Å². The van der Waals surface area contributed by atoms with Gasteiger partial charge in [0.25, 0.3) is 0 Å². The minimum atomic E-state index is -4.99. The Kier molecular flexibility index (Phi) is 5.71.